The lowest BCUT2D eigenvalue weighted by molar-refractivity contribution is -0.105. The van der Waals surface area contributed by atoms with Crippen LogP contribution in [0.1, 0.15) is 39.7 Å². The molecule has 0 saturated heterocycles. The SMILES string of the molecule is CCOc1ccc(CCN(CCCSCC=O)C(=O)OC(C)(C)C)cc1. The summed E-state index contributed by atoms with van der Waals surface area (Å²) >= 11 is 1.58. The first-order chi connectivity index (χ1) is 12.4. The van der Waals surface area contributed by atoms with Crippen LogP contribution in [0.5, 0.6) is 5.75 Å². The Balaban J connectivity index is 2.58. The maximum Gasteiger partial charge on any atom is 0.410 e. The van der Waals surface area contributed by atoms with Gasteiger partial charge in [-0.05, 0) is 64.0 Å². The molecule has 6 heteroatoms. The lowest BCUT2D eigenvalue weighted by atomic mass is 10.1. The predicted molar refractivity (Wildman–Crippen MR) is 107 cm³/mol. The Kier molecular flexibility index (Phi) is 10.2. The van der Waals surface area contributed by atoms with E-state index in [1.807, 2.05) is 52.0 Å². The summed E-state index contributed by atoms with van der Waals surface area (Å²) < 4.78 is 11.0. The summed E-state index contributed by atoms with van der Waals surface area (Å²) in [7, 11) is 0. The van der Waals surface area contributed by atoms with Gasteiger partial charge in [0.15, 0.2) is 0 Å². The van der Waals surface area contributed by atoms with Gasteiger partial charge in [0.2, 0.25) is 0 Å². The third-order valence-electron chi connectivity index (χ3n) is 3.46. The largest absolute Gasteiger partial charge is 0.494 e. The number of carbonyl (C=O) groups excluding carboxylic acids is 2. The molecule has 0 fully saturated rings. The number of benzene rings is 1. The van der Waals surface area contributed by atoms with Crippen LogP contribution in [0.2, 0.25) is 0 Å². The van der Waals surface area contributed by atoms with E-state index in [0.717, 1.165) is 36.2 Å². The highest BCUT2D eigenvalue weighted by Crippen LogP contribution is 2.15. The van der Waals surface area contributed by atoms with Gasteiger partial charge in [0.05, 0.1) is 6.61 Å². The molecule has 1 rings (SSSR count). The molecule has 1 aromatic rings. The van der Waals surface area contributed by atoms with E-state index in [2.05, 4.69) is 0 Å². The number of thioether (sulfide) groups is 1. The quantitative estimate of drug-likeness (QED) is 0.425. The molecule has 0 unspecified atom stereocenters. The minimum absolute atomic E-state index is 0.288. The van der Waals surface area contributed by atoms with E-state index < -0.39 is 5.60 Å². The minimum atomic E-state index is -0.513. The zero-order valence-electron chi connectivity index (χ0n) is 16.3. The number of hydrogen-bond donors (Lipinski definition) is 0. The van der Waals surface area contributed by atoms with E-state index in [1.165, 1.54) is 0 Å². The van der Waals surface area contributed by atoms with Gasteiger partial charge in [0, 0.05) is 18.8 Å². The summed E-state index contributed by atoms with van der Waals surface area (Å²) in [5.41, 5.74) is 0.637. The number of ether oxygens (including phenoxy) is 2. The molecule has 0 N–H and O–H groups in total. The number of carbonyl (C=O) groups is 2. The Labute approximate surface area is 161 Å². The second-order valence-electron chi connectivity index (χ2n) is 6.89. The molecule has 0 radical (unpaired) electrons. The first-order valence-electron chi connectivity index (χ1n) is 9.06. The number of nitrogens with zero attached hydrogens (tertiary/aromatic N) is 1. The Morgan fingerprint density at radius 2 is 1.88 bits per heavy atom. The topological polar surface area (TPSA) is 55.8 Å². The highest BCUT2D eigenvalue weighted by molar-refractivity contribution is 7.99. The molecule has 0 aliphatic carbocycles. The fourth-order valence-electron chi connectivity index (χ4n) is 2.29. The van der Waals surface area contributed by atoms with Gasteiger partial charge in [-0.25, -0.2) is 4.79 Å². The molecule has 0 atom stereocenters. The molecule has 1 amide bonds. The Hall–Kier alpha value is -1.69. The van der Waals surface area contributed by atoms with Crippen LogP contribution in [0.3, 0.4) is 0 Å². The van der Waals surface area contributed by atoms with Gasteiger partial charge in [-0.15, -0.1) is 0 Å². The highest BCUT2D eigenvalue weighted by Gasteiger charge is 2.21. The Morgan fingerprint density at radius 3 is 2.46 bits per heavy atom. The van der Waals surface area contributed by atoms with Crippen LogP contribution in [0, 0.1) is 0 Å². The monoisotopic (exact) mass is 381 g/mol. The van der Waals surface area contributed by atoms with Crippen molar-refractivity contribution >= 4 is 24.1 Å². The summed E-state index contributed by atoms with van der Waals surface area (Å²) in [4.78, 5) is 24.6. The normalized spacial score (nSPS) is 11.1. The number of amides is 1. The van der Waals surface area contributed by atoms with Gasteiger partial charge >= 0.3 is 6.09 Å². The summed E-state index contributed by atoms with van der Waals surface area (Å²) in [5.74, 6) is 2.20. The number of hydrogen-bond acceptors (Lipinski definition) is 5. The van der Waals surface area contributed by atoms with Gasteiger partial charge in [0.25, 0.3) is 0 Å². The average Bonchev–Trinajstić information content (AvgIpc) is 2.57. The average molecular weight is 382 g/mol. The molecule has 0 aliphatic heterocycles. The fourth-order valence-corrected chi connectivity index (χ4v) is 2.89. The van der Waals surface area contributed by atoms with Crippen molar-refractivity contribution < 1.29 is 19.1 Å². The van der Waals surface area contributed by atoms with E-state index in [0.29, 0.717) is 25.4 Å². The van der Waals surface area contributed by atoms with Crippen LogP contribution in [-0.4, -0.2) is 54.1 Å². The van der Waals surface area contributed by atoms with Crippen LogP contribution in [0.25, 0.3) is 0 Å². The highest BCUT2D eigenvalue weighted by atomic mass is 32.2. The van der Waals surface area contributed by atoms with Gasteiger partial charge in [-0.2, -0.15) is 11.8 Å². The molecule has 26 heavy (non-hydrogen) atoms. The molecule has 1 aromatic carbocycles. The van der Waals surface area contributed by atoms with E-state index in [4.69, 9.17) is 9.47 Å². The molecular weight excluding hydrogens is 350 g/mol. The van der Waals surface area contributed by atoms with Crippen LogP contribution >= 0.6 is 11.8 Å². The van der Waals surface area contributed by atoms with Crippen molar-refractivity contribution in [2.24, 2.45) is 0 Å². The predicted octanol–water partition coefficient (Wildman–Crippen LogP) is 4.19. The second-order valence-corrected chi connectivity index (χ2v) is 8.04. The number of rotatable bonds is 11. The van der Waals surface area contributed by atoms with Gasteiger partial charge in [-0.3, -0.25) is 0 Å². The summed E-state index contributed by atoms with van der Waals surface area (Å²) in [5, 5.41) is 0. The summed E-state index contributed by atoms with van der Waals surface area (Å²) in [6, 6.07) is 7.95. The van der Waals surface area contributed by atoms with Crippen molar-refractivity contribution in [1.82, 2.24) is 4.90 Å². The van der Waals surface area contributed by atoms with E-state index in [1.54, 1.807) is 16.7 Å². The molecule has 146 valence electrons. The third-order valence-corrected chi connectivity index (χ3v) is 4.41. The van der Waals surface area contributed by atoms with E-state index in [9.17, 15) is 9.59 Å². The maximum atomic E-state index is 12.5. The second kappa shape index (κ2) is 11.8. The van der Waals surface area contributed by atoms with Crippen LogP contribution < -0.4 is 4.74 Å². The molecule has 0 aliphatic rings. The molecule has 0 bridgehead atoms. The minimum Gasteiger partial charge on any atom is -0.494 e. The van der Waals surface area contributed by atoms with Crippen molar-refractivity contribution in [3.05, 3.63) is 29.8 Å². The van der Waals surface area contributed by atoms with Crippen molar-refractivity contribution in [3.8, 4) is 5.75 Å². The van der Waals surface area contributed by atoms with Crippen LogP contribution in [0.4, 0.5) is 4.79 Å². The van der Waals surface area contributed by atoms with Crippen molar-refractivity contribution in [2.45, 2.75) is 46.1 Å². The van der Waals surface area contributed by atoms with Crippen LogP contribution in [-0.2, 0) is 16.0 Å². The maximum absolute atomic E-state index is 12.5. The summed E-state index contributed by atoms with van der Waals surface area (Å²) in [6.45, 7) is 9.44. The first-order valence-corrected chi connectivity index (χ1v) is 10.2. The van der Waals surface area contributed by atoms with Gasteiger partial charge in [0.1, 0.15) is 17.6 Å². The van der Waals surface area contributed by atoms with E-state index in [-0.39, 0.29) is 6.09 Å². The van der Waals surface area contributed by atoms with Gasteiger partial charge < -0.3 is 19.2 Å². The zero-order valence-corrected chi connectivity index (χ0v) is 17.1. The zero-order chi connectivity index (χ0) is 19.4. The lowest BCUT2D eigenvalue weighted by Crippen LogP contribution is -2.38. The fraction of sp³-hybridized carbons (Fsp3) is 0.600. The number of aldehydes is 1. The Morgan fingerprint density at radius 1 is 1.19 bits per heavy atom. The summed E-state index contributed by atoms with van der Waals surface area (Å²) in [6.07, 6.45) is 2.21. The molecule has 0 aromatic heterocycles. The van der Waals surface area contributed by atoms with Crippen molar-refractivity contribution in [3.63, 3.8) is 0 Å². The first kappa shape index (κ1) is 22.4. The Bertz CT molecular complexity index is 540. The molecule has 0 saturated carbocycles. The molecule has 0 heterocycles. The van der Waals surface area contributed by atoms with E-state index >= 15 is 0 Å². The molecule has 0 spiro atoms. The standard InChI is InChI=1S/C20H31NO4S/c1-5-24-18-9-7-17(8-10-18)11-13-21(12-6-15-26-16-14-22)19(23)25-20(2,3)4/h7-10,14H,5-6,11-13,15-16H2,1-4H3. The smallest absolute Gasteiger partial charge is 0.410 e. The van der Waals surface area contributed by atoms with Crippen molar-refractivity contribution in [2.75, 3.05) is 31.2 Å². The molecule has 5 nitrogen and oxygen atoms in total. The van der Waals surface area contributed by atoms with Gasteiger partial charge in [-0.1, -0.05) is 12.1 Å². The lowest BCUT2D eigenvalue weighted by Gasteiger charge is -2.27. The molecular formula is C20H31NO4S. The van der Waals surface area contributed by atoms with Crippen LogP contribution in [0.15, 0.2) is 24.3 Å². The third kappa shape index (κ3) is 9.70. The van der Waals surface area contributed by atoms with Crippen molar-refractivity contribution in [1.29, 1.82) is 0 Å².